The van der Waals surface area contributed by atoms with Crippen LogP contribution in [0.1, 0.15) is 67.6 Å². The lowest BCUT2D eigenvalue weighted by Gasteiger charge is -2.32. The van der Waals surface area contributed by atoms with Crippen molar-refractivity contribution in [3.05, 3.63) is 71.3 Å². The molecule has 16 heteroatoms. The number of hydrogen-bond acceptors (Lipinski definition) is 6. The zero-order valence-corrected chi connectivity index (χ0v) is 26.3. The van der Waals surface area contributed by atoms with E-state index in [0.717, 1.165) is 43.2 Å². The molecule has 0 heterocycles. The van der Waals surface area contributed by atoms with Crippen LogP contribution in [0.25, 0.3) is 0 Å². The fraction of sp³-hybridized carbons (Fsp3) is 0.438. The van der Waals surface area contributed by atoms with Gasteiger partial charge in [0.2, 0.25) is 17.7 Å². The van der Waals surface area contributed by atoms with Crippen molar-refractivity contribution in [3.8, 4) is 0 Å². The summed E-state index contributed by atoms with van der Waals surface area (Å²) in [6.07, 6.45) is 0.632. The second-order valence-corrected chi connectivity index (χ2v) is 11.4. The minimum atomic E-state index is -5.08. The van der Waals surface area contributed by atoms with Crippen molar-refractivity contribution in [2.45, 2.75) is 75.5 Å². The third kappa shape index (κ3) is 13.3. The van der Waals surface area contributed by atoms with E-state index in [9.17, 15) is 27.6 Å². The number of carbonyl (C=O) groups is 4. The molecule has 1 aliphatic carbocycles. The molecule has 262 valence electrons. The predicted molar refractivity (Wildman–Crippen MR) is 174 cm³/mol. The van der Waals surface area contributed by atoms with E-state index in [0.29, 0.717) is 24.9 Å². The highest BCUT2D eigenvalue weighted by Gasteiger charge is 2.38. The number of primary amides is 1. The third-order valence-corrected chi connectivity index (χ3v) is 7.77. The lowest BCUT2D eigenvalue weighted by Crippen LogP contribution is -2.56. The minimum Gasteiger partial charge on any atom is -0.475 e. The monoisotopic (exact) mass is 676 g/mol. The number of carbonyl (C=O) groups excluding carboxylic acids is 3. The number of hydrogen-bond donors (Lipinski definition) is 8. The molecule has 0 bridgehead atoms. The lowest BCUT2D eigenvalue weighted by molar-refractivity contribution is -0.192. The molecular formula is C32H43F3N8O5. The summed E-state index contributed by atoms with van der Waals surface area (Å²) in [4.78, 5) is 52.5. The van der Waals surface area contributed by atoms with E-state index in [1.165, 1.54) is 0 Å². The van der Waals surface area contributed by atoms with Gasteiger partial charge in [-0.05, 0) is 49.1 Å². The highest BCUT2D eigenvalue weighted by molar-refractivity contribution is 5.95. The molecule has 0 spiro atoms. The average molecular weight is 677 g/mol. The number of carboxylic acid groups (broad SMARTS) is 1. The van der Waals surface area contributed by atoms with Crippen LogP contribution in [0.2, 0.25) is 0 Å². The van der Waals surface area contributed by atoms with Gasteiger partial charge in [0.1, 0.15) is 17.9 Å². The second-order valence-electron chi connectivity index (χ2n) is 11.4. The Morgan fingerprint density at radius 2 is 1.48 bits per heavy atom. The first kappa shape index (κ1) is 39.0. The number of nitrogen functional groups attached to an aromatic ring is 1. The van der Waals surface area contributed by atoms with Crippen LogP contribution in [-0.2, 0) is 25.6 Å². The van der Waals surface area contributed by atoms with Crippen LogP contribution in [0, 0.1) is 11.3 Å². The molecule has 1 aliphatic rings. The first-order valence-corrected chi connectivity index (χ1v) is 15.3. The lowest BCUT2D eigenvalue weighted by atomic mass is 9.82. The number of aliphatic imine (C=N–C) groups is 1. The molecule has 3 atom stereocenters. The van der Waals surface area contributed by atoms with Gasteiger partial charge in [-0.1, -0.05) is 73.9 Å². The number of amides is 3. The Balaban J connectivity index is 0.00000103. The molecule has 1 fully saturated rings. The largest absolute Gasteiger partial charge is 0.490 e. The van der Waals surface area contributed by atoms with E-state index in [1.807, 2.05) is 42.5 Å². The Morgan fingerprint density at radius 3 is 1.98 bits per heavy atom. The Bertz CT molecular complexity index is 1410. The van der Waals surface area contributed by atoms with Gasteiger partial charge in [-0.15, -0.1) is 0 Å². The molecule has 0 aliphatic heterocycles. The van der Waals surface area contributed by atoms with Crippen LogP contribution < -0.4 is 33.6 Å². The quantitative estimate of drug-likeness (QED) is 0.0833. The average Bonchev–Trinajstić information content (AvgIpc) is 3.04. The van der Waals surface area contributed by atoms with Gasteiger partial charge in [-0.2, -0.15) is 13.2 Å². The van der Waals surface area contributed by atoms with Crippen LogP contribution in [0.4, 0.5) is 13.2 Å². The Morgan fingerprint density at radius 1 is 0.896 bits per heavy atom. The zero-order chi connectivity index (χ0) is 35.9. The summed E-state index contributed by atoms with van der Waals surface area (Å²) >= 11 is 0. The maximum Gasteiger partial charge on any atom is 0.490 e. The molecule has 0 saturated heterocycles. The molecule has 2 aromatic rings. The summed E-state index contributed by atoms with van der Waals surface area (Å²) in [6, 6.07) is 14.9. The van der Waals surface area contributed by atoms with E-state index < -0.39 is 42.0 Å². The van der Waals surface area contributed by atoms with Gasteiger partial charge in [0, 0.05) is 12.1 Å². The zero-order valence-electron chi connectivity index (χ0n) is 26.3. The maximum absolute atomic E-state index is 13.9. The molecule has 0 radical (unpaired) electrons. The smallest absolute Gasteiger partial charge is 0.475 e. The normalized spacial score (nSPS) is 15.0. The summed E-state index contributed by atoms with van der Waals surface area (Å²) < 4.78 is 31.7. The fourth-order valence-electron chi connectivity index (χ4n) is 5.27. The summed E-state index contributed by atoms with van der Waals surface area (Å²) in [5.41, 5.74) is 24.2. The molecule has 48 heavy (non-hydrogen) atoms. The van der Waals surface area contributed by atoms with E-state index in [-0.39, 0.29) is 30.0 Å². The van der Waals surface area contributed by atoms with Crippen molar-refractivity contribution in [1.29, 1.82) is 5.41 Å². The number of benzene rings is 2. The van der Waals surface area contributed by atoms with E-state index >= 15 is 0 Å². The van der Waals surface area contributed by atoms with Crippen LogP contribution in [-0.4, -0.2) is 65.4 Å². The maximum atomic E-state index is 13.9. The van der Waals surface area contributed by atoms with Crippen LogP contribution >= 0.6 is 0 Å². The van der Waals surface area contributed by atoms with Crippen molar-refractivity contribution in [2.24, 2.45) is 33.8 Å². The number of amidine groups is 1. The molecule has 1 unspecified atom stereocenters. The topological polar surface area (TPSA) is 253 Å². The van der Waals surface area contributed by atoms with Crippen molar-refractivity contribution in [2.75, 3.05) is 6.54 Å². The first-order chi connectivity index (χ1) is 22.6. The van der Waals surface area contributed by atoms with Crippen molar-refractivity contribution >= 4 is 35.5 Å². The molecular weight excluding hydrogens is 633 g/mol. The van der Waals surface area contributed by atoms with Crippen LogP contribution in [0.15, 0.2) is 59.6 Å². The summed E-state index contributed by atoms with van der Waals surface area (Å²) in [7, 11) is 0. The highest BCUT2D eigenvalue weighted by atomic mass is 19.4. The van der Waals surface area contributed by atoms with Gasteiger partial charge in [0.05, 0.1) is 5.92 Å². The number of guanidine groups is 1. The standard InChI is InChI=1S/C30H42N8O3.C2HF3O2/c31-26(32)22-15-13-19(14-16-22)18-23(20-8-3-1-4-9-20)28(40)38-25(21-10-5-2-6-11-21)29(41)37-24(27(33)39)12-7-17-36-30(34)35;3-2(4,5)1(6)7/h1,3-4,8-9,13-16,21,23-25H,2,5-7,10-12,17-18H2,(H3,31,32)(H2,33,39)(H,37,41)(H,38,40)(H4,34,35,36);(H,6,7)/t23?,24-,25-;/m0./s1. The second kappa shape index (κ2) is 18.9. The third-order valence-electron chi connectivity index (χ3n) is 7.77. The number of halogens is 3. The number of nitrogens with two attached hydrogens (primary N) is 4. The van der Waals surface area contributed by atoms with Gasteiger partial charge in [-0.3, -0.25) is 24.8 Å². The molecule has 13 nitrogen and oxygen atoms in total. The van der Waals surface area contributed by atoms with E-state index in [4.69, 9.17) is 38.2 Å². The predicted octanol–water partition coefficient (Wildman–Crippen LogP) is 2.02. The first-order valence-electron chi connectivity index (χ1n) is 15.3. The minimum absolute atomic E-state index is 0.0271. The number of nitrogens with one attached hydrogen (secondary N) is 3. The van der Waals surface area contributed by atoms with E-state index in [2.05, 4.69) is 15.6 Å². The Hall–Kier alpha value is -5.15. The van der Waals surface area contributed by atoms with E-state index in [1.54, 1.807) is 12.1 Å². The molecule has 3 amide bonds. The summed E-state index contributed by atoms with van der Waals surface area (Å²) in [5.74, 6) is -4.82. The van der Waals surface area contributed by atoms with Crippen molar-refractivity contribution < 1.29 is 37.5 Å². The number of carboxylic acids is 1. The number of nitrogens with zero attached hydrogens (tertiary/aromatic N) is 1. The van der Waals surface area contributed by atoms with Crippen molar-refractivity contribution in [3.63, 3.8) is 0 Å². The highest BCUT2D eigenvalue weighted by Crippen LogP contribution is 2.28. The molecule has 0 aromatic heterocycles. The number of rotatable bonds is 14. The molecule has 2 aromatic carbocycles. The van der Waals surface area contributed by atoms with Gasteiger partial charge in [0.25, 0.3) is 0 Å². The van der Waals surface area contributed by atoms with Crippen LogP contribution in [0.3, 0.4) is 0 Å². The van der Waals surface area contributed by atoms with Crippen LogP contribution in [0.5, 0.6) is 0 Å². The summed E-state index contributed by atoms with van der Waals surface area (Å²) in [6.45, 7) is 0.303. The Kier molecular flexibility index (Phi) is 15.3. The number of alkyl halides is 3. The molecule has 12 N–H and O–H groups in total. The van der Waals surface area contributed by atoms with Crippen molar-refractivity contribution in [1.82, 2.24) is 10.6 Å². The SMILES string of the molecule is N=C(N)c1ccc(CC(C(=O)N[C@H](C(=O)N[C@@H](CCCN=C(N)N)C(N)=O)C2CCCCC2)c2ccccc2)cc1.O=C(O)C(F)(F)F. The summed E-state index contributed by atoms with van der Waals surface area (Å²) in [5, 5.41) is 20.6. The van der Waals surface area contributed by atoms with Gasteiger partial charge in [-0.25, -0.2) is 4.79 Å². The van der Waals surface area contributed by atoms with Gasteiger partial charge >= 0.3 is 12.1 Å². The van der Waals surface area contributed by atoms with Gasteiger partial charge in [0.15, 0.2) is 5.96 Å². The fourth-order valence-corrected chi connectivity index (χ4v) is 5.27. The number of aliphatic carboxylic acids is 1. The Labute approximate surface area is 276 Å². The van der Waals surface area contributed by atoms with Gasteiger partial charge < -0.3 is 38.7 Å². The molecule has 1 saturated carbocycles. The molecule has 3 rings (SSSR count).